The lowest BCUT2D eigenvalue weighted by molar-refractivity contribution is 0.101. The summed E-state index contributed by atoms with van der Waals surface area (Å²) in [6, 6.07) is 1.75. The van der Waals surface area contributed by atoms with Gasteiger partial charge in [0.25, 0.3) is 0 Å². The van der Waals surface area contributed by atoms with Crippen molar-refractivity contribution < 1.29 is 9.21 Å². The molecule has 0 unspecified atom stereocenters. The van der Waals surface area contributed by atoms with Gasteiger partial charge in [0, 0.05) is 0 Å². The van der Waals surface area contributed by atoms with E-state index < -0.39 is 0 Å². The van der Waals surface area contributed by atoms with Gasteiger partial charge in [0.1, 0.15) is 10.9 Å². The fourth-order valence-electron chi connectivity index (χ4n) is 1.53. The molecule has 0 aromatic carbocycles. The summed E-state index contributed by atoms with van der Waals surface area (Å²) in [5.74, 6) is 0.529. The fourth-order valence-corrected chi connectivity index (χ4v) is 1.98. The van der Waals surface area contributed by atoms with Crippen LogP contribution in [0.2, 0.25) is 5.15 Å². The molecular weight excluding hydrogens is 281 g/mol. The molecule has 0 spiro atoms. The average Bonchev–Trinajstić information content (AvgIpc) is 2.41. The van der Waals surface area contributed by atoms with Crippen molar-refractivity contribution in [3.63, 3.8) is 0 Å². The molecule has 0 fully saturated rings. The molecular formula is C10H7BrClNO2. The maximum atomic E-state index is 11.4. The number of carbonyl (C=O) groups is 1. The SMILES string of the molecule is CC(=O)c1c(C)oc2nc(Cl)c(Br)cc12. The van der Waals surface area contributed by atoms with Gasteiger partial charge in [0.2, 0.25) is 5.71 Å². The number of halogens is 2. The molecule has 78 valence electrons. The summed E-state index contributed by atoms with van der Waals surface area (Å²) < 4.78 is 6.01. The average molecular weight is 289 g/mol. The Hall–Kier alpha value is -0.870. The van der Waals surface area contributed by atoms with Crippen molar-refractivity contribution >= 4 is 44.4 Å². The molecule has 0 saturated heterocycles. The normalized spacial score (nSPS) is 10.9. The molecule has 0 bridgehead atoms. The van der Waals surface area contributed by atoms with Gasteiger partial charge in [-0.15, -0.1) is 0 Å². The summed E-state index contributed by atoms with van der Waals surface area (Å²) in [6.45, 7) is 3.24. The van der Waals surface area contributed by atoms with Gasteiger partial charge >= 0.3 is 0 Å². The summed E-state index contributed by atoms with van der Waals surface area (Å²) in [4.78, 5) is 15.4. The Morgan fingerprint density at radius 3 is 2.87 bits per heavy atom. The Kier molecular flexibility index (Phi) is 2.56. The third-order valence-corrected chi connectivity index (χ3v) is 3.24. The number of fused-ring (bicyclic) bond motifs is 1. The van der Waals surface area contributed by atoms with Crippen LogP contribution in [-0.2, 0) is 0 Å². The molecule has 0 amide bonds. The van der Waals surface area contributed by atoms with E-state index in [9.17, 15) is 4.79 Å². The summed E-state index contributed by atoms with van der Waals surface area (Å²) >= 11 is 9.09. The topological polar surface area (TPSA) is 43.1 Å². The molecule has 0 aliphatic heterocycles. The monoisotopic (exact) mass is 287 g/mol. The molecule has 3 nitrogen and oxygen atoms in total. The molecule has 0 saturated carbocycles. The van der Waals surface area contributed by atoms with Crippen LogP contribution in [0.15, 0.2) is 15.0 Å². The van der Waals surface area contributed by atoms with E-state index in [0.717, 1.165) is 0 Å². The molecule has 15 heavy (non-hydrogen) atoms. The Balaban J connectivity index is 2.87. The van der Waals surface area contributed by atoms with Gasteiger partial charge in [-0.2, -0.15) is 4.98 Å². The van der Waals surface area contributed by atoms with E-state index in [4.69, 9.17) is 16.0 Å². The predicted octanol–water partition coefficient (Wildman–Crippen LogP) is 3.75. The van der Waals surface area contributed by atoms with Gasteiger partial charge in [-0.25, -0.2) is 0 Å². The van der Waals surface area contributed by atoms with Gasteiger partial charge in [-0.05, 0) is 35.8 Å². The minimum atomic E-state index is -0.0396. The minimum absolute atomic E-state index is 0.0396. The molecule has 2 aromatic rings. The highest BCUT2D eigenvalue weighted by molar-refractivity contribution is 9.10. The molecule has 2 rings (SSSR count). The number of rotatable bonds is 1. The van der Waals surface area contributed by atoms with Crippen LogP contribution in [0, 0.1) is 6.92 Å². The van der Waals surface area contributed by atoms with Crippen molar-refractivity contribution in [1.29, 1.82) is 0 Å². The number of furan rings is 1. The van der Waals surface area contributed by atoms with Gasteiger partial charge in [0.05, 0.1) is 15.4 Å². The van der Waals surface area contributed by atoms with Crippen LogP contribution >= 0.6 is 27.5 Å². The van der Waals surface area contributed by atoms with Crippen molar-refractivity contribution in [2.75, 3.05) is 0 Å². The number of hydrogen-bond acceptors (Lipinski definition) is 3. The van der Waals surface area contributed by atoms with Crippen LogP contribution in [0.1, 0.15) is 23.0 Å². The second-order valence-electron chi connectivity index (χ2n) is 3.20. The number of aryl methyl sites for hydroxylation is 1. The highest BCUT2D eigenvalue weighted by Gasteiger charge is 2.17. The largest absolute Gasteiger partial charge is 0.442 e. The Bertz CT molecular complexity index is 562. The van der Waals surface area contributed by atoms with E-state index in [-0.39, 0.29) is 5.78 Å². The van der Waals surface area contributed by atoms with E-state index in [2.05, 4.69) is 20.9 Å². The zero-order valence-corrected chi connectivity index (χ0v) is 10.4. The molecule has 0 atom stereocenters. The molecule has 2 aromatic heterocycles. The smallest absolute Gasteiger partial charge is 0.228 e. The number of aromatic nitrogens is 1. The van der Waals surface area contributed by atoms with E-state index in [1.807, 2.05) is 0 Å². The standard InChI is InChI=1S/C10H7BrClNO2/c1-4(14)8-5(2)15-10-6(8)3-7(11)9(12)13-10/h3H,1-2H3. The van der Waals surface area contributed by atoms with Crippen LogP contribution in [0.25, 0.3) is 11.1 Å². The van der Waals surface area contributed by atoms with Gasteiger partial charge < -0.3 is 4.42 Å². The van der Waals surface area contributed by atoms with Gasteiger partial charge in [-0.3, -0.25) is 4.79 Å². The van der Waals surface area contributed by atoms with Crippen LogP contribution in [0.3, 0.4) is 0 Å². The van der Waals surface area contributed by atoms with E-state index >= 15 is 0 Å². The van der Waals surface area contributed by atoms with Crippen LogP contribution in [0.4, 0.5) is 0 Å². The molecule has 5 heteroatoms. The van der Waals surface area contributed by atoms with E-state index in [0.29, 0.717) is 32.0 Å². The maximum absolute atomic E-state index is 11.4. The summed E-state index contributed by atoms with van der Waals surface area (Å²) in [5, 5.41) is 1.02. The molecule has 0 aliphatic carbocycles. The van der Waals surface area contributed by atoms with Crippen molar-refractivity contribution in [2.45, 2.75) is 13.8 Å². The van der Waals surface area contributed by atoms with Crippen LogP contribution in [-0.4, -0.2) is 10.8 Å². The number of nitrogens with zero attached hydrogens (tertiary/aromatic N) is 1. The number of Topliss-reactive ketones (excluding diaryl/α,β-unsaturated/α-hetero) is 1. The Morgan fingerprint density at radius 1 is 1.60 bits per heavy atom. The quantitative estimate of drug-likeness (QED) is 0.593. The van der Waals surface area contributed by atoms with Gasteiger partial charge in [0.15, 0.2) is 5.78 Å². The van der Waals surface area contributed by atoms with Crippen LogP contribution in [0.5, 0.6) is 0 Å². The molecule has 0 aliphatic rings. The predicted molar refractivity (Wildman–Crippen MR) is 61.5 cm³/mol. The van der Waals surface area contributed by atoms with E-state index in [1.54, 1.807) is 13.0 Å². The van der Waals surface area contributed by atoms with Crippen molar-refractivity contribution in [1.82, 2.24) is 4.98 Å². The fraction of sp³-hybridized carbons (Fsp3) is 0.200. The van der Waals surface area contributed by atoms with Crippen LogP contribution < -0.4 is 0 Å². The first-order chi connectivity index (χ1) is 7.00. The van der Waals surface area contributed by atoms with Crippen molar-refractivity contribution in [3.05, 3.63) is 27.0 Å². The third kappa shape index (κ3) is 1.68. The first-order valence-electron chi connectivity index (χ1n) is 4.26. The lowest BCUT2D eigenvalue weighted by Crippen LogP contribution is -1.92. The maximum Gasteiger partial charge on any atom is 0.228 e. The number of ketones is 1. The zero-order valence-electron chi connectivity index (χ0n) is 8.10. The number of carbonyl (C=O) groups excluding carboxylic acids is 1. The highest BCUT2D eigenvalue weighted by Crippen LogP contribution is 2.30. The zero-order chi connectivity index (χ0) is 11.2. The summed E-state index contributed by atoms with van der Waals surface area (Å²) in [5.41, 5.74) is 0.959. The highest BCUT2D eigenvalue weighted by atomic mass is 79.9. The second-order valence-corrected chi connectivity index (χ2v) is 4.42. The molecule has 2 heterocycles. The number of hydrogen-bond donors (Lipinski definition) is 0. The first-order valence-corrected chi connectivity index (χ1v) is 5.44. The van der Waals surface area contributed by atoms with Crippen molar-refractivity contribution in [3.8, 4) is 0 Å². The first kappa shape index (κ1) is 10.6. The van der Waals surface area contributed by atoms with Crippen molar-refractivity contribution in [2.24, 2.45) is 0 Å². The minimum Gasteiger partial charge on any atom is -0.442 e. The second kappa shape index (κ2) is 3.61. The molecule has 0 radical (unpaired) electrons. The third-order valence-electron chi connectivity index (χ3n) is 2.12. The van der Waals surface area contributed by atoms with E-state index in [1.165, 1.54) is 6.92 Å². The number of pyridine rings is 1. The summed E-state index contributed by atoms with van der Waals surface area (Å²) in [7, 11) is 0. The summed E-state index contributed by atoms with van der Waals surface area (Å²) in [6.07, 6.45) is 0. The van der Waals surface area contributed by atoms with Gasteiger partial charge in [-0.1, -0.05) is 11.6 Å². The lowest BCUT2D eigenvalue weighted by Gasteiger charge is -1.95. The molecule has 0 N–H and O–H groups in total. The lowest BCUT2D eigenvalue weighted by atomic mass is 10.1. The Labute approximate surface area is 99.6 Å². The Morgan fingerprint density at radius 2 is 2.27 bits per heavy atom.